The van der Waals surface area contributed by atoms with Crippen LogP contribution < -0.4 is 5.32 Å². The first-order valence-electron chi connectivity index (χ1n) is 9.33. The lowest BCUT2D eigenvalue weighted by Gasteiger charge is -2.23. The van der Waals surface area contributed by atoms with Crippen LogP contribution in [-0.2, 0) is 28.1 Å². The van der Waals surface area contributed by atoms with Gasteiger partial charge in [-0.15, -0.1) is 0 Å². The standard InChI is InChI=1S/C21H25N3O3S/c1-4-5-15-6-8-17(9-7-15)21(2)19(26)24(20(27)22-21)13-18(25)23(3)12-16-10-11-28-14-16/h6-11,14H,4-5,12-13H2,1-3H3,(H,22,27). The fourth-order valence-corrected chi connectivity index (χ4v) is 3.99. The zero-order valence-corrected chi connectivity index (χ0v) is 17.2. The molecular formula is C21H25N3O3S. The van der Waals surface area contributed by atoms with Gasteiger partial charge in [0.15, 0.2) is 0 Å². The van der Waals surface area contributed by atoms with Gasteiger partial charge < -0.3 is 10.2 Å². The molecule has 2 aromatic rings. The number of carbonyl (C=O) groups is 3. The summed E-state index contributed by atoms with van der Waals surface area (Å²) in [5, 5.41) is 6.67. The minimum atomic E-state index is -1.16. The highest BCUT2D eigenvalue weighted by atomic mass is 32.1. The number of nitrogens with one attached hydrogen (secondary N) is 1. The molecule has 0 radical (unpaired) electrons. The lowest BCUT2D eigenvalue weighted by atomic mass is 9.91. The summed E-state index contributed by atoms with van der Waals surface area (Å²) in [4.78, 5) is 40.5. The Morgan fingerprint density at radius 2 is 1.89 bits per heavy atom. The molecule has 0 aliphatic carbocycles. The van der Waals surface area contributed by atoms with E-state index in [2.05, 4.69) is 12.2 Å². The number of hydrogen-bond acceptors (Lipinski definition) is 4. The van der Waals surface area contributed by atoms with Gasteiger partial charge in [-0.25, -0.2) is 4.79 Å². The van der Waals surface area contributed by atoms with Crippen LogP contribution in [0.2, 0.25) is 0 Å². The number of carbonyl (C=O) groups excluding carboxylic acids is 3. The van der Waals surface area contributed by atoms with Crippen LogP contribution in [0.5, 0.6) is 0 Å². The number of thiophene rings is 1. The molecule has 6 nitrogen and oxygen atoms in total. The monoisotopic (exact) mass is 399 g/mol. The van der Waals surface area contributed by atoms with Crippen LogP contribution in [0.15, 0.2) is 41.1 Å². The van der Waals surface area contributed by atoms with Crippen molar-refractivity contribution in [2.45, 2.75) is 38.8 Å². The van der Waals surface area contributed by atoms with Gasteiger partial charge in [0.1, 0.15) is 12.1 Å². The van der Waals surface area contributed by atoms with Crippen molar-refractivity contribution in [3.05, 3.63) is 57.8 Å². The number of imide groups is 1. The van der Waals surface area contributed by atoms with E-state index in [1.165, 1.54) is 10.5 Å². The quantitative estimate of drug-likeness (QED) is 0.727. The zero-order valence-electron chi connectivity index (χ0n) is 16.4. The molecule has 1 aromatic heterocycles. The SMILES string of the molecule is CCCc1ccc(C2(C)NC(=O)N(CC(=O)N(C)Cc3ccsc3)C2=O)cc1. The Bertz CT molecular complexity index is 864. The van der Waals surface area contributed by atoms with Crippen molar-refractivity contribution < 1.29 is 14.4 Å². The van der Waals surface area contributed by atoms with Gasteiger partial charge >= 0.3 is 6.03 Å². The van der Waals surface area contributed by atoms with Crippen LogP contribution in [0.1, 0.15) is 37.0 Å². The first-order valence-corrected chi connectivity index (χ1v) is 10.3. The first kappa shape index (κ1) is 20.1. The van der Waals surface area contributed by atoms with Gasteiger partial charge in [-0.3, -0.25) is 14.5 Å². The van der Waals surface area contributed by atoms with E-state index in [9.17, 15) is 14.4 Å². The summed E-state index contributed by atoms with van der Waals surface area (Å²) >= 11 is 1.56. The molecular weight excluding hydrogens is 374 g/mol. The van der Waals surface area contributed by atoms with Crippen LogP contribution in [0.25, 0.3) is 0 Å². The Balaban J connectivity index is 1.70. The molecule has 1 aliphatic rings. The lowest BCUT2D eigenvalue weighted by molar-refractivity contribution is -0.138. The maximum atomic E-state index is 13.0. The van der Waals surface area contributed by atoms with Gasteiger partial charge in [0.05, 0.1) is 0 Å². The molecule has 1 aromatic carbocycles. The number of rotatable bonds is 7. The van der Waals surface area contributed by atoms with Gasteiger partial charge in [0, 0.05) is 13.6 Å². The van der Waals surface area contributed by atoms with E-state index in [1.54, 1.807) is 25.3 Å². The molecule has 4 amide bonds. The van der Waals surface area contributed by atoms with Gasteiger partial charge in [-0.2, -0.15) is 11.3 Å². The summed E-state index contributed by atoms with van der Waals surface area (Å²) < 4.78 is 0. The molecule has 1 aliphatic heterocycles. The third-order valence-electron chi connectivity index (χ3n) is 5.06. The van der Waals surface area contributed by atoms with Crippen LogP contribution in [-0.4, -0.2) is 41.2 Å². The Labute approximate surface area is 169 Å². The van der Waals surface area contributed by atoms with E-state index in [0.717, 1.165) is 23.3 Å². The molecule has 1 saturated heterocycles. The summed E-state index contributed by atoms with van der Waals surface area (Å²) in [6.45, 7) is 3.97. The molecule has 0 spiro atoms. The van der Waals surface area contributed by atoms with Crippen molar-refractivity contribution in [3.8, 4) is 0 Å². The molecule has 0 saturated carbocycles. The third-order valence-corrected chi connectivity index (χ3v) is 5.80. The van der Waals surface area contributed by atoms with Crippen LogP contribution in [0.3, 0.4) is 0 Å². The molecule has 0 bridgehead atoms. The van der Waals surface area contributed by atoms with Crippen molar-refractivity contribution in [1.82, 2.24) is 15.1 Å². The summed E-state index contributed by atoms with van der Waals surface area (Å²) in [5.41, 5.74) is 1.77. The van der Waals surface area contributed by atoms with Gasteiger partial charge in [0.2, 0.25) is 5.91 Å². The highest BCUT2D eigenvalue weighted by molar-refractivity contribution is 7.07. The number of likely N-dealkylation sites (N-methyl/N-ethyl adjacent to an activating group) is 1. The fraction of sp³-hybridized carbons (Fsp3) is 0.381. The summed E-state index contributed by atoms with van der Waals surface area (Å²) in [7, 11) is 1.67. The number of amides is 4. The number of urea groups is 1. The summed E-state index contributed by atoms with van der Waals surface area (Å²) in [6.07, 6.45) is 2.01. The van der Waals surface area contributed by atoms with Crippen LogP contribution >= 0.6 is 11.3 Å². The van der Waals surface area contributed by atoms with Crippen LogP contribution in [0, 0.1) is 0 Å². The molecule has 7 heteroatoms. The fourth-order valence-electron chi connectivity index (χ4n) is 3.33. The van der Waals surface area contributed by atoms with Crippen molar-refractivity contribution in [3.63, 3.8) is 0 Å². The summed E-state index contributed by atoms with van der Waals surface area (Å²) in [5.74, 6) is -0.685. The lowest BCUT2D eigenvalue weighted by Crippen LogP contribution is -2.43. The predicted octanol–water partition coefficient (Wildman–Crippen LogP) is 3.13. The second-order valence-corrected chi connectivity index (χ2v) is 8.05. The molecule has 1 fully saturated rings. The average molecular weight is 400 g/mol. The van der Waals surface area contributed by atoms with Crippen molar-refractivity contribution in [1.29, 1.82) is 0 Å². The molecule has 1 N–H and O–H groups in total. The van der Waals surface area contributed by atoms with E-state index in [1.807, 2.05) is 41.1 Å². The highest BCUT2D eigenvalue weighted by Crippen LogP contribution is 2.29. The summed E-state index contributed by atoms with van der Waals surface area (Å²) in [6, 6.07) is 9.11. The second kappa shape index (κ2) is 8.14. The first-order chi connectivity index (χ1) is 13.3. The van der Waals surface area contributed by atoms with E-state index in [0.29, 0.717) is 12.1 Å². The van der Waals surface area contributed by atoms with E-state index < -0.39 is 17.5 Å². The highest BCUT2D eigenvalue weighted by Gasteiger charge is 2.49. The molecule has 2 heterocycles. The van der Waals surface area contributed by atoms with E-state index in [4.69, 9.17) is 0 Å². The Morgan fingerprint density at radius 3 is 2.50 bits per heavy atom. The third kappa shape index (κ3) is 3.94. The minimum Gasteiger partial charge on any atom is -0.340 e. The maximum Gasteiger partial charge on any atom is 0.325 e. The molecule has 1 atom stereocenters. The maximum absolute atomic E-state index is 13.0. The molecule has 148 valence electrons. The molecule has 28 heavy (non-hydrogen) atoms. The normalized spacial score (nSPS) is 19.0. The van der Waals surface area contributed by atoms with Gasteiger partial charge in [0.25, 0.3) is 5.91 Å². The van der Waals surface area contributed by atoms with Crippen molar-refractivity contribution >= 4 is 29.2 Å². The zero-order chi connectivity index (χ0) is 20.3. The molecule has 3 rings (SSSR count). The smallest absolute Gasteiger partial charge is 0.325 e. The largest absolute Gasteiger partial charge is 0.340 e. The molecule has 1 unspecified atom stereocenters. The van der Waals surface area contributed by atoms with E-state index in [-0.39, 0.29) is 12.5 Å². The van der Waals surface area contributed by atoms with E-state index >= 15 is 0 Å². The average Bonchev–Trinajstić information content (AvgIpc) is 3.25. The van der Waals surface area contributed by atoms with Crippen molar-refractivity contribution in [2.75, 3.05) is 13.6 Å². The Hall–Kier alpha value is -2.67. The number of benzene rings is 1. The van der Waals surface area contributed by atoms with Gasteiger partial charge in [-0.1, -0.05) is 37.6 Å². The topological polar surface area (TPSA) is 69.7 Å². The Kier molecular flexibility index (Phi) is 5.84. The van der Waals surface area contributed by atoms with Gasteiger partial charge in [-0.05, 0) is 46.9 Å². The Morgan fingerprint density at radius 1 is 1.18 bits per heavy atom. The minimum absolute atomic E-state index is 0.269. The van der Waals surface area contributed by atoms with Crippen molar-refractivity contribution in [2.24, 2.45) is 0 Å². The predicted molar refractivity (Wildman–Crippen MR) is 109 cm³/mol. The number of aryl methyl sites for hydroxylation is 1. The second-order valence-electron chi connectivity index (χ2n) is 7.27. The van der Waals surface area contributed by atoms with Crippen LogP contribution in [0.4, 0.5) is 4.79 Å². The number of hydrogen-bond donors (Lipinski definition) is 1. The number of nitrogens with zero attached hydrogens (tertiary/aromatic N) is 2.